The molecule has 0 radical (unpaired) electrons. The number of hydrogen-bond donors (Lipinski definition) is 1. The molecule has 0 heterocycles. The largest absolute Gasteiger partial charge is 0.496 e. The van der Waals surface area contributed by atoms with Gasteiger partial charge in [-0.25, -0.2) is 9.18 Å². The normalized spacial score (nSPS) is 16.8. The van der Waals surface area contributed by atoms with Crippen LogP contribution in [0.3, 0.4) is 0 Å². The van der Waals surface area contributed by atoms with E-state index in [1.807, 2.05) is 0 Å². The van der Waals surface area contributed by atoms with Crippen LogP contribution in [0.5, 0.6) is 5.75 Å². The number of rotatable bonds is 12. The quantitative estimate of drug-likeness (QED) is 0.145. The Kier molecular flexibility index (Phi) is 10.8. The van der Waals surface area contributed by atoms with Gasteiger partial charge in [0.25, 0.3) is 5.91 Å². The first-order valence-corrected chi connectivity index (χ1v) is 12.0. The van der Waals surface area contributed by atoms with Gasteiger partial charge in [-0.15, -0.1) is 0 Å². The Bertz CT molecular complexity index is 1080. The van der Waals surface area contributed by atoms with Crippen molar-refractivity contribution in [1.29, 1.82) is 0 Å². The lowest BCUT2D eigenvalue weighted by molar-refractivity contribution is -0.153. The Labute approximate surface area is 216 Å². The molecular weight excluding hydrogens is 483 g/mol. The van der Waals surface area contributed by atoms with E-state index in [1.165, 1.54) is 39.4 Å². The van der Waals surface area contributed by atoms with Gasteiger partial charge in [-0.05, 0) is 58.4 Å². The lowest BCUT2D eigenvalue weighted by atomic mass is 9.70. The highest BCUT2D eigenvalue weighted by molar-refractivity contribution is 5.97. The van der Waals surface area contributed by atoms with Gasteiger partial charge < -0.3 is 24.3 Å². The fourth-order valence-electron chi connectivity index (χ4n) is 4.28. The smallest absolute Gasteiger partial charge is 0.328 e. The van der Waals surface area contributed by atoms with Gasteiger partial charge in [0.05, 0.1) is 14.2 Å². The van der Waals surface area contributed by atoms with Gasteiger partial charge in [0, 0.05) is 24.5 Å². The number of ether oxygens (including phenoxy) is 4. The highest BCUT2D eigenvalue weighted by atomic mass is 19.1. The number of nitrogens with one attached hydrogen (secondary N) is 1. The second-order valence-electron chi connectivity index (χ2n) is 8.73. The minimum Gasteiger partial charge on any atom is -0.496 e. The van der Waals surface area contributed by atoms with Crippen LogP contribution in [0.15, 0.2) is 46.5 Å². The van der Waals surface area contributed by atoms with Crippen LogP contribution in [0, 0.1) is 11.7 Å². The summed E-state index contributed by atoms with van der Waals surface area (Å²) in [6.45, 7) is 9.39. The first-order chi connectivity index (χ1) is 17.6. The van der Waals surface area contributed by atoms with Crippen molar-refractivity contribution >= 4 is 24.6 Å². The van der Waals surface area contributed by atoms with Gasteiger partial charge in [0.2, 0.25) is 5.76 Å². The van der Waals surface area contributed by atoms with Crippen molar-refractivity contribution < 1.29 is 37.7 Å². The van der Waals surface area contributed by atoms with Crippen molar-refractivity contribution in [3.05, 3.63) is 52.9 Å². The second kappa shape index (κ2) is 13.6. The molecule has 0 unspecified atom stereocenters. The summed E-state index contributed by atoms with van der Waals surface area (Å²) in [6.07, 6.45) is 3.86. The Hall–Kier alpha value is -3.69. The maximum Gasteiger partial charge on any atom is 0.328 e. The van der Waals surface area contributed by atoms with Crippen LogP contribution >= 0.6 is 0 Å². The van der Waals surface area contributed by atoms with Crippen molar-refractivity contribution in [2.75, 3.05) is 14.2 Å². The molecule has 9 nitrogen and oxygen atoms in total. The predicted molar refractivity (Wildman–Crippen MR) is 135 cm³/mol. The molecule has 1 aromatic rings. The van der Waals surface area contributed by atoms with Gasteiger partial charge in [0.15, 0.2) is 11.5 Å². The average Bonchev–Trinajstić information content (AvgIpc) is 2.82. The number of allylic oxidation sites excluding steroid dienone is 1. The molecule has 37 heavy (non-hydrogen) atoms. The fraction of sp³-hybridized carbons (Fsp3) is 0.481. The number of carbonyl (C=O) groups is 3. The maximum atomic E-state index is 13.8. The SMILES string of the molecule is C=N/C(C(=O)N[C@@H](C)C(=O)O[C@@H](C)[C@H](c1ccc(F)cc1OC)C1CCC1)=C(OC(C)=O)\C(=C/C)OC. The monoisotopic (exact) mass is 518 g/mol. The predicted octanol–water partition coefficient (Wildman–Crippen LogP) is 4.18. The van der Waals surface area contributed by atoms with Crippen LogP contribution in [-0.2, 0) is 28.6 Å². The van der Waals surface area contributed by atoms with E-state index >= 15 is 0 Å². The van der Waals surface area contributed by atoms with E-state index in [9.17, 15) is 18.8 Å². The molecule has 1 fully saturated rings. The number of esters is 2. The summed E-state index contributed by atoms with van der Waals surface area (Å²) in [5.41, 5.74) is 0.428. The zero-order valence-electron chi connectivity index (χ0n) is 22.1. The zero-order chi connectivity index (χ0) is 27.7. The number of hydrogen-bond acceptors (Lipinski definition) is 8. The first kappa shape index (κ1) is 29.5. The molecule has 0 saturated heterocycles. The third-order valence-corrected chi connectivity index (χ3v) is 6.26. The molecule has 0 bridgehead atoms. The molecule has 0 spiro atoms. The number of carbonyl (C=O) groups excluding carboxylic acids is 3. The number of benzene rings is 1. The fourth-order valence-corrected chi connectivity index (χ4v) is 4.28. The zero-order valence-corrected chi connectivity index (χ0v) is 22.1. The average molecular weight is 519 g/mol. The Morgan fingerprint density at radius 3 is 2.38 bits per heavy atom. The molecule has 1 amide bonds. The van der Waals surface area contributed by atoms with Gasteiger partial charge in [-0.3, -0.25) is 14.6 Å². The van der Waals surface area contributed by atoms with Crippen LogP contribution in [0.25, 0.3) is 0 Å². The van der Waals surface area contributed by atoms with Crippen LogP contribution < -0.4 is 10.1 Å². The van der Waals surface area contributed by atoms with E-state index in [-0.39, 0.29) is 29.1 Å². The van der Waals surface area contributed by atoms with Gasteiger partial charge in [0.1, 0.15) is 23.7 Å². The van der Waals surface area contributed by atoms with E-state index in [4.69, 9.17) is 18.9 Å². The van der Waals surface area contributed by atoms with E-state index in [0.717, 1.165) is 31.7 Å². The lowest BCUT2D eigenvalue weighted by Crippen LogP contribution is -2.43. The molecule has 1 saturated carbocycles. The van der Waals surface area contributed by atoms with E-state index in [1.54, 1.807) is 19.9 Å². The number of aliphatic imine (C=N–C) groups is 1. The van der Waals surface area contributed by atoms with Crippen molar-refractivity contribution in [2.24, 2.45) is 10.9 Å². The number of methoxy groups -OCH3 is 2. The molecule has 10 heteroatoms. The molecule has 3 atom stereocenters. The molecule has 202 valence electrons. The van der Waals surface area contributed by atoms with Crippen LogP contribution in [-0.4, -0.2) is 50.9 Å². The van der Waals surface area contributed by atoms with Gasteiger partial charge >= 0.3 is 11.9 Å². The van der Waals surface area contributed by atoms with E-state index in [0.29, 0.717) is 5.75 Å². The summed E-state index contributed by atoms with van der Waals surface area (Å²) in [4.78, 5) is 41.2. The van der Waals surface area contributed by atoms with Crippen molar-refractivity contribution in [3.8, 4) is 5.75 Å². The Morgan fingerprint density at radius 1 is 1.22 bits per heavy atom. The van der Waals surface area contributed by atoms with Crippen molar-refractivity contribution in [1.82, 2.24) is 5.32 Å². The standard InChI is InChI=1S/C27H35FN2O7/c1-8-21(34-6)25(37-17(4)31)24(29-5)26(32)30-15(2)27(33)36-16(3)23(18-10-9-11-18)20-13-12-19(28)14-22(20)35-7/h8,12-16,18,23H,5,9-11H2,1-4,6-7H3,(H,30,32)/b21-8+,25-24+/t15-,16-,23-/m0/s1. The summed E-state index contributed by atoms with van der Waals surface area (Å²) in [5, 5.41) is 2.51. The summed E-state index contributed by atoms with van der Waals surface area (Å²) >= 11 is 0. The third-order valence-electron chi connectivity index (χ3n) is 6.26. The third kappa shape index (κ3) is 7.41. The molecule has 0 aliphatic heterocycles. The molecule has 1 N–H and O–H groups in total. The summed E-state index contributed by atoms with van der Waals surface area (Å²) in [5.74, 6) is -2.32. The molecule has 0 aromatic heterocycles. The minimum atomic E-state index is -1.07. The molecule has 1 aliphatic carbocycles. The number of nitrogens with zero attached hydrogens (tertiary/aromatic N) is 1. The highest BCUT2D eigenvalue weighted by Gasteiger charge is 2.37. The minimum absolute atomic E-state index is 0.0909. The Morgan fingerprint density at radius 2 is 1.89 bits per heavy atom. The van der Waals surface area contributed by atoms with E-state index < -0.39 is 35.8 Å². The van der Waals surface area contributed by atoms with Crippen molar-refractivity contribution in [2.45, 2.75) is 65.0 Å². The van der Waals surface area contributed by atoms with Crippen molar-refractivity contribution in [3.63, 3.8) is 0 Å². The number of amides is 1. The van der Waals surface area contributed by atoms with E-state index in [2.05, 4.69) is 17.0 Å². The molecule has 1 aromatic carbocycles. The molecule has 2 rings (SSSR count). The summed E-state index contributed by atoms with van der Waals surface area (Å²) in [7, 11) is 2.81. The Balaban J connectivity index is 2.23. The van der Waals surface area contributed by atoms with Crippen LogP contribution in [0.1, 0.15) is 58.4 Å². The maximum absolute atomic E-state index is 13.8. The number of halogens is 1. The highest BCUT2D eigenvalue weighted by Crippen LogP contribution is 2.45. The molecule has 1 aliphatic rings. The molecular formula is C27H35FN2O7. The van der Waals surface area contributed by atoms with Gasteiger partial charge in [-0.2, -0.15) is 0 Å². The summed E-state index contributed by atoms with van der Waals surface area (Å²) < 4.78 is 35.2. The van der Waals surface area contributed by atoms with Crippen LogP contribution in [0.4, 0.5) is 4.39 Å². The summed E-state index contributed by atoms with van der Waals surface area (Å²) in [6, 6.07) is 3.26. The second-order valence-corrected chi connectivity index (χ2v) is 8.73. The van der Waals surface area contributed by atoms with Crippen LogP contribution in [0.2, 0.25) is 0 Å². The lowest BCUT2D eigenvalue weighted by Gasteiger charge is -2.38. The topological polar surface area (TPSA) is 113 Å². The first-order valence-electron chi connectivity index (χ1n) is 12.0. The van der Waals surface area contributed by atoms with Gasteiger partial charge in [-0.1, -0.05) is 12.5 Å².